The van der Waals surface area contributed by atoms with Gasteiger partial charge in [0.2, 0.25) is 0 Å². The summed E-state index contributed by atoms with van der Waals surface area (Å²) in [6.07, 6.45) is 8.45. The van der Waals surface area contributed by atoms with E-state index >= 15 is 0 Å². The lowest BCUT2D eigenvalue weighted by Crippen LogP contribution is -2.33. The third-order valence-electron chi connectivity index (χ3n) is 5.63. The quantitative estimate of drug-likeness (QED) is 0.346. The van der Waals surface area contributed by atoms with E-state index in [1.165, 1.54) is 0 Å². The fourth-order valence-electron chi connectivity index (χ4n) is 3.72. The number of halogens is 1. The maximum absolute atomic E-state index is 13.5. The Labute approximate surface area is 217 Å². The number of nitrogens with one attached hydrogen (secondary N) is 2. The van der Waals surface area contributed by atoms with Gasteiger partial charge in [0, 0.05) is 45.5 Å². The number of benzene rings is 1. The molecular weight excluding hydrogens is 455 g/mol. The number of dihydropyridines is 1. The summed E-state index contributed by atoms with van der Waals surface area (Å²) in [6.45, 7) is 12.1. The predicted octanol–water partition coefficient (Wildman–Crippen LogP) is 4.42. The summed E-state index contributed by atoms with van der Waals surface area (Å²) in [6, 6.07) is 7.60. The van der Waals surface area contributed by atoms with Crippen molar-refractivity contribution in [2.75, 3.05) is 40.3 Å². The van der Waals surface area contributed by atoms with Crippen LogP contribution in [0, 0.1) is 0 Å². The first-order valence-corrected chi connectivity index (χ1v) is 12.9. The molecule has 1 aromatic carbocycles. The first-order chi connectivity index (χ1) is 17.3. The van der Waals surface area contributed by atoms with E-state index in [2.05, 4.69) is 10.6 Å². The fraction of sp³-hybridized carbons (Fsp3) is 0.483. The number of rotatable bonds is 9. The molecule has 0 fully saturated rings. The van der Waals surface area contributed by atoms with Crippen LogP contribution in [0.1, 0.15) is 50.5 Å². The third kappa shape index (κ3) is 9.99. The fourth-order valence-corrected chi connectivity index (χ4v) is 3.72. The van der Waals surface area contributed by atoms with Gasteiger partial charge < -0.3 is 25.5 Å². The molecule has 2 atom stereocenters. The third-order valence-corrected chi connectivity index (χ3v) is 5.63. The minimum Gasteiger partial charge on any atom is -0.387 e. The Balaban J connectivity index is 0.00000154. The van der Waals surface area contributed by atoms with Crippen molar-refractivity contribution in [1.29, 1.82) is 0 Å². The number of carbonyl (C=O) groups excluding carboxylic acids is 1. The average Bonchev–Trinajstić information content (AvgIpc) is 2.91. The van der Waals surface area contributed by atoms with Gasteiger partial charge in [-0.2, -0.15) is 0 Å². The van der Waals surface area contributed by atoms with Crippen LogP contribution in [0.3, 0.4) is 0 Å². The van der Waals surface area contributed by atoms with Gasteiger partial charge in [0.05, 0.1) is 6.10 Å². The van der Waals surface area contributed by atoms with Crippen LogP contribution in [-0.4, -0.2) is 73.5 Å². The topological polar surface area (TPSA) is 67.8 Å². The number of carbonyl (C=O) groups is 1. The van der Waals surface area contributed by atoms with Crippen molar-refractivity contribution in [2.24, 2.45) is 0 Å². The molecule has 200 valence electrons. The van der Waals surface area contributed by atoms with Crippen LogP contribution < -0.4 is 10.6 Å². The average molecular weight is 501 g/mol. The highest BCUT2D eigenvalue weighted by Crippen LogP contribution is 2.15. The van der Waals surface area contributed by atoms with Crippen molar-refractivity contribution in [3.8, 4) is 0 Å². The lowest BCUT2D eigenvalue weighted by atomic mass is 10.1. The van der Waals surface area contributed by atoms with E-state index in [4.69, 9.17) is 0 Å². The van der Waals surface area contributed by atoms with E-state index in [-0.39, 0.29) is 5.91 Å². The molecule has 36 heavy (non-hydrogen) atoms. The highest BCUT2D eigenvalue weighted by atomic mass is 19.1. The molecule has 0 spiro atoms. The predicted molar refractivity (Wildman–Crippen MR) is 148 cm³/mol. The number of hydrogen-bond donors (Lipinski definition) is 3. The SMILES string of the molecule is CC.CC.CC1=CC(CN(C)C(=O)c2ccc(CCNCC(O)C3=CC=CN(C)C3)cc2)=CNC1F. The first kappa shape index (κ1) is 31.1. The molecule has 0 aliphatic carbocycles. The second kappa shape index (κ2) is 16.7. The highest BCUT2D eigenvalue weighted by Gasteiger charge is 2.17. The number of likely N-dealkylation sites (N-methyl/N-ethyl adjacent to an activating group) is 2. The molecular formula is C29H45FN4O2. The number of hydrogen-bond acceptors (Lipinski definition) is 5. The lowest BCUT2D eigenvalue weighted by molar-refractivity contribution is 0.0807. The number of allylic oxidation sites excluding steroid dienone is 2. The second-order valence-corrected chi connectivity index (χ2v) is 8.46. The van der Waals surface area contributed by atoms with Gasteiger partial charge in [-0.25, -0.2) is 4.39 Å². The molecule has 2 aliphatic heterocycles. The van der Waals surface area contributed by atoms with Gasteiger partial charge in [-0.3, -0.25) is 4.79 Å². The second-order valence-electron chi connectivity index (χ2n) is 8.46. The summed E-state index contributed by atoms with van der Waals surface area (Å²) in [5.74, 6) is -0.0769. The van der Waals surface area contributed by atoms with E-state index in [9.17, 15) is 14.3 Å². The van der Waals surface area contributed by atoms with Gasteiger partial charge in [0.25, 0.3) is 5.91 Å². The zero-order valence-electron chi connectivity index (χ0n) is 23.0. The van der Waals surface area contributed by atoms with Crippen LogP contribution in [-0.2, 0) is 6.42 Å². The van der Waals surface area contributed by atoms with E-state index in [0.29, 0.717) is 24.2 Å². The van der Waals surface area contributed by atoms with Crippen molar-refractivity contribution in [2.45, 2.75) is 53.4 Å². The molecule has 0 bridgehead atoms. The van der Waals surface area contributed by atoms with Crippen molar-refractivity contribution in [1.82, 2.24) is 20.4 Å². The summed E-state index contributed by atoms with van der Waals surface area (Å²) in [5.41, 5.74) is 4.22. The standard InChI is InChI=1S/C25H33FN4O2.2C2H6/c1-18-13-20(14-28-24(18)26)16-30(3)25(32)21-8-6-19(7-9-21)10-11-27-15-23(31)22-5-4-12-29(2)17-22;2*1-2/h4-9,12-14,23-24,27-28,31H,10-11,15-17H2,1-3H3;2*1-2H3. The first-order valence-electron chi connectivity index (χ1n) is 12.9. The molecule has 2 heterocycles. The molecule has 3 rings (SSSR count). The van der Waals surface area contributed by atoms with Gasteiger partial charge in [-0.15, -0.1) is 0 Å². The van der Waals surface area contributed by atoms with Gasteiger partial charge >= 0.3 is 0 Å². The van der Waals surface area contributed by atoms with Crippen LogP contribution in [0.4, 0.5) is 4.39 Å². The van der Waals surface area contributed by atoms with E-state index in [1.807, 2.05) is 82.3 Å². The molecule has 1 aromatic rings. The Hall–Kier alpha value is -2.90. The maximum Gasteiger partial charge on any atom is 0.253 e. The van der Waals surface area contributed by atoms with Gasteiger partial charge in [-0.1, -0.05) is 52.0 Å². The largest absolute Gasteiger partial charge is 0.387 e. The van der Waals surface area contributed by atoms with Gasteiger partial charge in [0.1, 0.15) is 0 Å². The highest BCUT2D eigenvalue weighted by molar-refractivity contribution is 5.94. The molecule has 2 unspecified atom stereocenters. The summed E-state index contributed by atoms with van der Waals surface area (Å²) in [5, 5.41) is 16.3. The molecule has 0 saturated carbocycles. The molecule has 7 heteroatoms. The van der Waals surface area contributed by atoms with Gasteiger partial charge in [0.15, 0.2) is 6.30 Å². The van der Waals surface area contributed by atoms with Crippen LogP contribution in [0.15, 0.2) is 71.6 Å². The number of aliphatic hydroxyl groups excluding tert-OH is 1. The summed E-state index contributed by atoms with van der Waals surface area (Å²) >= 11 is 0. The maximum atomic E-state index is 13.5. The Morgan fingerprint density at radius 3 is 2.53 bits per heavy atom. The molecule has 0 saturated heterocycles. The lowest BCUT2D eigenvalue weighted by Gasteiger charge is -2.23. The smallest absolute Gasteiger partial charge is 0.253 e. The van der Waals surface area contributed by atoms with Crippen molar-refractivity contribution in [3.63, 3.8) is 0 Å². The zero-order valence-corrected chi connectivity index (χ0v) is 23.0. The summed E-state index contributed by atoms with van der Waals surface area (Å²) in [7, 11) is 3.73. The Kier molecular flexibility index (Phi) is 14.5. The van der Waals surface area contributed by atoms with Crippen molar-refractivity contribution in [3.05, 3.63) is 82.7 Å². The molecule has 1 amide bonds. The molecule has 6 nitrogen and oxygen atoms in total. The minimum absolute atomic E-state index is 0.0769. The van der Waals surface area contributed by atoms with Crippen LogP contribution in [0.5, 0.6) is 0 Å². The minimum atomic E-state index is -1.16. The molecule has 0 aromatic heterocycles. The molecule has 3 N–H and O–H groups in total. The Morgan fingerprint density at radius 1 is 1.25 bits per heavy atom. The van der Waals surface area contributed by atoms with Crippen LogP contribution in [0.2, 0.25) is 0 Å². The van der Waals surface area contributed by atoms with Crippen molar-refractivity contribution < 1.29 is 14.3 Å². The van der Waals surface area contributed by atoms with Gasteiger partial charge in [-0.05, 0) is 66.6 Å². The molecule has 0 radical (unpaired) electrons. The number of amides is 1. The number of alkyl halides is 1. The van der Waals surface area contributed by atoms with E-state index in [1.54, 1.807) is 31.1 Å². The Bertz CT molecular complexity index is 922. The van der Waals surface area contributed by atoms with Crippen molar-refractivity contribution >= 4 is 5.91 Å². The van der Waals surface area contributed by atoms with E-state index in [0.717, 1.165) is 36.2 Å². The molecule has 2 aliphatic rings. The number of aliphatic hydroxyl groups is 1. The Morgan fingerprint density at radius 2 is 1.92 bits per heavy atom. The van der Waals surface area contributed by atoms with Crippen LogP contribution in [0.25, 0.3) is 0 Å². The zero-order chi connectivity index (χ0) is 27.1. The summed E-state index contributed by atoms with van der Waals surface area (Å²) in [4.78, 5) is 16.4. The van der Waals surface area contributed by atoms with E-state index < -0.39 is 12.4 Å². The number of nitrogens with zero attached hydrogens (tertiary/aromatic N) is 2. The summed E-state index contributed by atoms with van der Waals surface area (Å²) < 4.78 is 13.5. The van der Waals surface area contributed by atoms with Crippen LogP contribution >= 0.6 is 0 Å². The monoisotopic (exact) mass is 500 g/mol. The normalized spacial score (nSPS) is 17.2.